The fourth-order valence-corrected chi connectivity index (χ4v) is 3.40. The van der Waals surface area contributed by atoms with Crippen molar-refractivity contribution in [2.24, 2.45) is 5.92 Å². The molecule has 1 unspecified atom stereocenters. The fourth-order valence-electron chi connectivity index (χ4n) is 3.40. The van der Waals surface area contributed by atoms with Crippen molar-refractivity contribution in [3.05, 3.63) is 23.7 Å². The second kappa shape index (κ2) is 6.13. The van der Waals surface area contributed by atoms with Crippen LogP contribution in [0, 0.1) is 5.92 Å². The summed E-state index contributed by atoms with van der Waals surface area (Å²) in [5, 5.41) is 2.81. The smallest absolute Gasteiger partial charge is 0.255 e. The summed E-state index contributed by atoms with van der Waals surface area (Å²) in [7, 11) is 0. The van der Waals surface area contributed by atoms with Crippen LogP contribution in [-0.2, 0) is 4.79 Å². The summed E-state index contributed by atoms with van der Waals surface area (Å²) in [5.74, 6) is 0.681. The van der Waals surface area contributed by atoms with E-state index < -0.39 is 6.04 Å². The maximum atomic E-state index is 12.6. The monoisotopic (exact) mass is 341 g/mol. The minimum atomic E-state index is -0.553. The molecule has 1 aliphatic heterocycles. The van der Waals surface area contributed by atoms with Gasteiger partial charge in [0.2, 0.25) is 5.91 Å². The first-order valence-electron chi connectivity index (χ1n) is 8.96. The lowest BCUT2D eigenvalue weighted by Crippen LogP contribution is -2.46. The molecule has 2 aromatic rings. The highest BCUT2D eigenvalue weighted by Gasteiger charge is 2.29. The van der Waals surface area contributed by atoms with E-state index in [2.05, 4.69) is 27.2 Å². The number of carbonyl (C=O) groups is 2. The molecule has 7 nitrogen and oxygen atoms in total. The fraction of sp³-hybridized carbons (Fsp3) is 0.556. The van der Waals surface area contributed by atoms with Crippen LogP contribution < -0.4 is 5.32 Å². The Hall–Kier alpha value is -2.44. The number of nitrogens with zero attached hydrogens (tertiary/aromatic N) is 3. The van der Waals surface area contributed by atoms with E-state index in [0.717, 1.165) is 38.0 Å². The molecule has 1 saturated heterocycles. The zero-order valence-electron chi connectivity index (χ0n) is 14.6. The molecule has 2 atom stereocenters. The highest BCUT2D eigenvalue weighted by atomic mass is 16.2. The molecule has 0 bridgehead atoms. The zero-order valence-corrected chi connectivity index (χ0v) is 14.6. The van der Waals surface area contributed by atoms with Crippen molar-refractivity contribution >= 4 is 23.0 Å². The standard InChI is InChI=1S/C18H23N5O2/c1-10-5-6-23(9-10)18(25)11(2)21-17(24)13-7-19-16-15(13)22-14(8-20-16)12-3-4-12/h7-8,10-12H,3-6,9H2,1-2H3,(H,19,20)(H,21,24)/t10-,11?/m1/s1. The van der Waals surface area contributed by atoms with Gasteiger partial charge in [0, 0.05) is 25.2 Å². The van der Waals surface area contributed by atoms with E-state index in [9.17, 15) is 9.59 Å². The number of carbonyl (C=O) groups excluding carboxylic acids is 2. The van der Waals surface area contributed by atoms with E-state index in [1.54, 1.807) is 19.3 Å². The van der Waals surface area contributed by atoms with Crippen LogP contribution in [0.15, 0.2) is 12.4 Å². The second-order valence-electron chi connectivity index (χ2n) is 7.34. The number of H-pyrrole nitrogens is 1. The molecule has 2 fully saturated rings. The van der Waals surface area contributed by atoms with E-state index in [1.165, 1.54) is 0 Å². The SMILES string of the molecule is CC(NC(=O)c1c[nH]c2ncc(C3CC3)nc12)C(=O)N1CC[C@@H](C)C1. The summed E-state index contributed by atoms with van der Waals surface area (Å²) < 4.78 is 0. The Morgan fingerprint density at radius 2 is 2.16 bits per heavy atom. The van der Waals surface area contributed by atoms with Gasteiger partial charge in [-0.05, 0) is 32.1 Å². The number of nitrogens with one attached hydrogen (secondary N) is 2. The van der Waals surface area contributed by atoms with Crippen LogP contribution >= 0.6 is 0 Å². The molecule has 25 heavy (non-hydrogen) atoms. The molecule has 1 saturated carbocycles. The molecule has 0 aromatic carbocycles. The van der Waals surface area contributed by atoms with Gasteiger partial charge in [0.05, 0.1) is 17.5 Å². The highest BCUT2D eigenvalue weighted by molar-refractivity contribution is 6.05. The molecule has 4 rings (SSSR count). The van der Waals surface area contributed by atoms with Gasteiger partial charge in [0.1, 0.15) is 11.6 Å². The minimum absolute atomic E-state index is 0.0257. The van der Waals surface area contributed by atoms with E-state index in [4.69, 9.17) is 0 Å². The number of likely N-dealkylation sites (tertiary alicyclic amines) is 1. The van der Waals surface area contributed by atoms with Crippen LogP contribution in [-0.4, -0.2) is 50.8 Å². The van der Waals surface area contributed by atoms with Crippen molar-refractivity contribution < 1.29 is 9.59 Å². The van der Waals surface area contributed by atoms with Gasteiger partial charge in [-0.2, -0.15) is 0 Å². The highest BCUT2D eigenvalue weighted by Crippen LogP contribution is 2.39. The molecular formula is C18H23N5O2. The van der Waals surface area contributed by atoms with E-state index in [-0.39, 0.29) is 11.8 Å². The van der Waals surface area contributed by atoms with E-state index >= 15 is 0 Å². The van der Waals surface area contributed by atoms with Gasteiger partial charge in [0.15, 0.2) is 5.65 Å². The van der Waals surface area contributed by atoms with Crippen molar-refractivity contribution in [2.45, 2.75) is 45.1 Å². The molecule has 132 valence electrons. The van der Waals surface area contributed by atoms with Crippen molar-refractivity contribution in [1.29, 1.82) is 0 Å². The van der Waals surface area contributed by atoms with Crippen molar-refractivity contribution in [2.75, 3.05) is 13.1 Å². The van der Waals surface area contributed by atoms with Crippen LogP contribution in [0.5, 0.6) is 0 Å². The molecule has 0 radical (unpaired) electrons. The lowest BCUT2D eigenvalue weighted by atomic mass is 10.2. The third kappa shape index (κ3) is 3.10. The number of rotatable bonds is 4. The summed E-state index contributed by atoms with van der Waals surface area (Å²) in [6.07, 6.45) is 6.68. The molecular weight excluding hydrogens is 318 g/mol. The molecule has 2 amide bonds. The maximum Gasteiger partial charge on any atom is 0.255 e. The maximum absolute atomic E-state index is 12.6. The van der Waals surface area contributed by atoms with Crippen molar-refractivity contribution in [3.8, 4) is 0 Å². The largest absolute Gasteiger partial charge is 0.344 e. The van der Waals surface area contributed by atoms with Crippen LogP contribution in [0.4, 0.5) is 0 Å². The zero-order chi connectivity index (χ0) is 17.6. The van der Waals surface area contributed by atoms with Gasteiger partial charge < -0.3 is 15.2 Å². The van der Waals surface area contributed by atoms with Gasteiger partial charge in [-0.25, -0.2) is 9.97 Å². The van der Waals surface area contributed by atoms with Crippen molar-refractivity contribution in [1.82, 2.24) is 25.2 Å². The van der Waals surface area contributed by atoms with Crippen LogP contribution in [0.25, 0.3) is 11.2 Å². The molecule has 3 heterocycles. The quantitative estimate of drug-likeness (QED) is 0.887. The summed E-state index contributed by atoms with van der Waals surface area (Å²) in [5.41, 5.74) is 2.56. The Morgan fingerprint density at radius 1 is 1.36 bits per heavy atom. The van der Waals surface area contributed by atoms with Gasteiger partial charge >= 0.3 is 0 Å². The third-order valence-corrected chi connectivity index (χ3v) is 5.09. The molecule has 2 aliphatic rings. The number of hydrogen-bond acceptors (Lipinski definition) is 4. The van der Waals surface area contributed by atoms with Gasteiger partial charge in [-0.3, -0.25) is 9.59 Å². The van der Waals surface area contributed by atoms with Crippen LogP contribution in [0.3, 0.4) is 0 Å². The predicted octanol–water partition coefficient (Wildman–Crippen LogP) is 1.82. The number of hydrogen-bond donors (Lipinski definition) is 2. The Bertz CT molecular complexity index is 826. The van der Waals surface area contributed by atoms with E-state index in [0.29, 0.717) is 28.6 Å². The molecule has 0 spiro atoms. The van der Waals surface area contributed by atoms with Gasteiger partial charge in [-0.15, -0.1) is 0 Å². The first kappa shape index (κ1) is 16.1. The number of fused-ring (bicyclic) bond motifs is 1. The number of aromatic nitrogens is 3. The predicted molar refractivity (Wildman–Crippen MR) is 93.2 cm³/mol. The van der Waals surface area contributed by atoms with Crippen molar-refractivity contribution in [3.63, 3.8) is 0 Å². The minimum Gasteiger partial charge on any atom is -0.344 e. The van der Waals surface area contributed by atoms with E-state index in [1.807, 2.05) is 4.90 Å². The Labute approximate surface area is 146 Å². The molecule has 2 N–H and O–H groups in total. The number of aromatic amines is 1. The molecule has 2 aromatic heterocycles. The molecule has 7 heteroatoms. The third-order valence-electron chi connectivity index (χ3n) is 5.09. The summed E-state index contributed by atoms with van der Waals surface area (Å²) in [6.45, 7) is 5.41. The average Bonchev–Trinajstić information content (AvgIpc) is 3.22. The Morgan fingerprint density at radius 3 is 2.84 bits per heavy atom. The lowest BCUT2D eigenvalue weighted by Gasteiger charge is -2.21. The summed E-state index contributed by atoms with van der Waals surface area (Å²) in [4.78, 5) is 38.9. The summed E-state index contributed by atoms with van der Waals surface area (Å²) >= 11 is 0. The molecule has 1 aliphatic carbocycles. The first-order chi connectivity index (χ1) is 12.0. The Kier molecular flexibility index (Phi) is 3.94. The normalized spacial score (nSPS) is 21.5. The van der Waals surface area contributed by atoms with Crippen LogP contribution in [0.2, 0.25) is 0 Å². The Balaban J connectivity index is 1.49. The first-order valence-corrected chi connectivity index (χ1v) is 8.96. The average molecular weight is 341 g/mol. The second-order valence-corrected chi connectivity index (χ2v) is 7.34. The van der Waals surface area contributed by atoms with Crippen LogP contribution in [0.1, 0.15) is 55.1 Å². The summed E-state index contributed by atoms with van der Waals surface area (Å²) in [6, 6.07) is -0.553. The lowest BCUT2D eigenvalue weighted by molar-refractivity contribution is -0.131. The number of amides is 2. The topological polar surface area (TPSA) is 91.0 Å². The van der Waals surface area contributed by atoms with Gasteiger partial charge in [0.25, 0.3) is 5.91 Å². The van der Waals surface area contributed by atoms with Gasteiger partial charge in [-0.1, -0.05) is 6.92 Å².